The molecule has 1 heterocycles. The molecule has 112 valence electrons. The number of sulfonamides is 1. The molecule has 2 rings (SSSR count). The Balaban J connectivity index is 1.98. The van der Waals surface area contributed by atoms with Crippen LogP contribution in [0.2, 0.25) is 0 Å². The van der Waals surface area contributed by atoms with E-state index in [2.05, 4.69) is 9.71 Å². The van der Waals surface area contributed by atoms with Crippen LogP contribution in [-0.4, -0.2) is 42.2 Å². The van der Waals surface area contributed by atoms with E-state index in [1.54, 1.807) is 0 Å². The van der Waals surface area contributed by atoms with Crippen LogP contribution >= 0.6 is 0 Å². The lowest BCUT2D eigenvalue weighted by Crippen LogP contribution is -2.32. The van der Waals surface area contributed by atoms with E-state index in [-0.39, 0.29) is 29.2 Å². The van der Waals surface area contributed by atoms with Gasteiger partial charge in [0.25, 0.3) is 0 Å². The molecular weight excluding hydrogens is 284 g/mol. The number of aromatic amines is 1. The summed E-state index contributed by atoms with van der Waals surface area (Å²) >= 11 is 0. The van der Waals surface area contributed by atoms with Gasteiger partial charge in [-0.2, -0.15) is 0 Å². The molecule has 0 radical (unpaired) electrons. The molecule has 1 saturated carbocycles. The van der Waals surface area contributed by atoms with Gasteiger partial charge in [0.15, 0.2) is 0 Å². The summed E-state index contributed by atoms with van der Waals surface area (Å²) in [5.41, 5.74) is -0.168. The van der Waals surface area contributed by atoms with Crippen LogP contribution in [0.4, 0.5) is 0 Å². The van der Waals surface area contributed by atoms with E-state index in [9.17, 15) is 18.3 Å². The van der Waals surface area contributed by atoms with Crippen LogP contribution in [0.3, 0.4) is 0 Å². The van der Waals surface area contributed by atoms with Crippen molar-refractivity contribution in [3.05, 3.63) is 18.0 Å². The molecule has 2 unspecified atom stereocenters. The van der Waals surface area contributed by atoms with Crippen LogP contribution in [-0.2, 0) is 10.0 Å². The Bertz CT molecular complexity index is 580. The van der Waals surface area contributed by atoms with E-state index in [1.165, 1.54) is 0 Å². The van der Waals surface area contributed by atoms with Gasteiger partial charge in [0.05, 0.1) is 6.10 Å². The van der Waals surface area contributed by atoms with Gasteiger partial charge in [-0.3, -0.25) is 0 Å². The van der Waals surface area contributed by atoms with Crippen molar-refractivity contribution in [1.29, 1.82) is 0 Å². The van der Waals surface area contributed by atoms with Crippen LogP contribution in [0.1, 0.15) is 36.2 Å². The number of aromatic nitrogens is 1. The summed E-state index contributed by atoms with van der Waals surface area (Å²) in [4.78, 5) is 13.0. The Labute approximate surface area is 117 Å². The van der Waals surface area contributed by atoms with E-state index in [1.807, 2.05) is 0 Å². The smallest absolute Gasteiger partial charge is 0.352 e. The SMILES string of the molecule is O=C(O)c1cc(S(=O)(=O)NCC2CCCC(O)C2)c[nH]1. The van der Waals surface area contributed by atoms with Crippen molar-refractivity contribution in [2.24, 2.45) is 5.92 Å². The number of aliphatic hydroxyl groups excluding tert-OH is 1. The molecule has 0 bridgehead atoms. The Morgan fingerprint density at radius 2 is 2.20 bits per heavy atom. The van der Waals surface area contributed by atoms with Crippen molar-refractivity contribution >= 4 is 16.0 Å². The highest BCUT2D eigenvalue weighted by Crippen LogP contribution is 2.24. The minimum atomic E-state index is -3.72. The number of hydrogen-bond acceptors (Lipinski definition) is 4. The molecule has 1 aromatic heterocycles. The number of carbonyl (C=O) groups is 1. The highest BCUT2D eigenvalue weighted by Gasteiger charge is 2.23. The summed E-state index contributed by atoms with van der Waals surface area (Å²) in [6.45, 7) is 0.257. The van der Waals surface area contributed by atoms with Gasteiger partial charge in [0.2, 0.25) is 10.0 Å². The fourth-order valence-electron chi connectivity index (χ4n) is 2.41. The van der Waals surface area contributed by atoms with Crippen molar-refractivity contribution in [2.45, 2.75) is 36.7 Å². The zero-order chi connectivity index (χ0) is 14.8. The fourth-order valence-corrected chi connectivity index (χ4v) is 3.52. The number of nitrogens with one attached hydrogen (secondary N) is 2. The van der Waals surface area contributed by atoms with Crippen LogP contribution in [0.15, 0.2) is 17.2 Å². The van der Waals surface area contributed by atoms with E-state index in [0.717, 1.165) is 31.5 Å². The standard InChI is InChI=1S/C12H18N2O5S/c15-9-3-1-2-8(4-9)6-14-20(18,19)10-5-11(12(16)17)13-7-10/h5,7-9,13-15H,1-4,6H2,(H,16,17). The minimum absolute atomic E-state index is 0.0914. The topological polar surface area (TPSA) is 119 Å². The largest absolute Gasteiger partial charge is 0.477 e. The number of carboxylic acids is 1. The number of carboxylic acid groups (broad SMARTS) is 1. The molecule has 20 heavy (non-hydrogen) atoms. The van der Waals surface area contributed by atoms with E-state index < -0.39 is 16.0 Å². The lowest BCUT2D eigenvalue weighted by molar-refractivity contribution is 0.0691. The van der Waals surface area contributed by atoms with Gasteiger partial charge in [-0.1, -0.05) is 6.42 Å². The first-order chi connectivity index (χ1) is 9.38. The molecule has 1 aromatic rings. The normalized spacial score (nSPS) is 23.6. The summed E-state index contributed by atoms with van der Waals surface area (Å²) in [6, 6.07) is 1.08. The Morgan fingerprint density at radius 1 is 1.45 bits per heavy atom. The summed E-state index contributed by atoms with van der Waals surface area (Å²) in [5.74, 6) is -1.09. The molecule has 8 heteroatoms. The number of aromatic carboxylic acids is 1. The van der Waals surface area contributed by atoms with E-state index in [0.29, 0.717) is 6.42 Å². The molecule has 1 aliphatic rings. The average molecular weight is 302 g/mol. The van der Waals surface area contributed by atoms with Gasteiger partial charge in [-0.25, -0.2) is 17.9 Å². The summed E-state index contributed by atoms with van der Waals surface area (Å²) in [5, 5.41) is 18.3. The number of rotatable bonds is 5. The van der Waals surface area contributed by atoms with Crippen molar-refractivity contribution < 1.29 is 23.4 Å². The van der Waals surface area contributed by atoms with Gasteiger partial charge >= 0.3 is 5.97 Å². The summed E-state index contributed by atoms with van der Waals surface area (Å²) in [7, 11) is -3.72. The zero-order valence-corrected chi connectivity index (χ0v) is 11.7. The highest BCUT2D eigenvalue weighted by molar-refractivity contribution is 7.89. The second-order valence-electron chi connectivity index (χ2n) is 5.09. The first kappa shape index (κ1) is 15.0. The third-order valence-electron chi connectivity index (χ3n) is 3.51. The van der Waals surface area contributed by atoms with Crippen LogP contribution in [0, 0.1) is 5.92 Å². The van der Waals surface area contributed by atoms with Gasteiger partial charge < -0.3 is 15.2 Å². The number of aliphatic hydroxyl groups is 1. The van der Waals surface area contributed by atoms with E-state index >= 15 is 0 Å². The van der Waals surface area contributed by atoms with Gasteiger partial charge in [0.1, 0.15) is 10.6 Å². The molecule has 0 saturated heterocycles. The minimum Gasteiger partial charge on any atom is -0.477 e. The lowest BCUT2D eigenvalue weighted by Gasteiger charge is -2.25. The second kappa shape index (κ2) is 5.94. The quantitative estimate of drug-likeness (QED) is 0.633. The Hall–Kier alpha value is -1.38. The van der Waals surface area contributed by atoms with Crippen molar-refractivity contribution in [1.82, 2.24) is 9.71 Å². The van der Waals surface area contributed by atoms with Gasteiger partial charge in [-0.05, 0) is 31.2 Å². The van der Waals surface area contributed by atoms with E-state index in [4.69, 9.17) is 5.11 Å². The molecular formula is C12H18N2O5S. The van der Waals surface area contributed by atoms with Gasteiger partial charge in [0, 0.05) is 12.7 Å². The highest BCUT2D eigenvalue weighted by atomic mass is 32.2. The molecule has 0 spiro atoms. The maximum Gasteiger partial charge on any atom is 0.352 e. The Morgan fingerprint density at radius 3 is 2.80 bits per heavy atom. The molecule has 1 aliphatic carbocycles. The predicted octanol–water partition coefficient (Wildman–Crippen LogP) is 0.542. The molecule has 1 fully saturated rings. The first-order valence-corrected chi connectivity index (χ1v) is 7.96. The third kappa shape index (κ3) is 3.59. The number of H-pyrrole nitrogens is 1. The van der Waals surface area contributed by atoms with Crippen LogP contribution in [0.25, 0.3) is 0 Å². The molecule has 0 aliphatic heterocycles. The maximum atomic E-state index is 12.0. The molecule has 7 nitrogen and oxygen atoms in total. The molecule has 0 aromatic carbocycles. The van der Waals surface area contributed by atoms with Crippen molar-refractivity contribution in [3.8, 4) is 0 Å². The molecule has 4 N–H and O–H groups in total. The second-order valence-corrected chi connectivity index (χ2v) is 6.86. The van der Waals surface area contributed by atoms with Crippen LogP contribution in [0.5, 0.6) is 0 Å². The maximum absolute atomic E-state index is 12.0. The monoisotopic (exact) mass is 302 g/mol. The van der Waals surface area contributed by atoms with Gasteiger partial charge in [-0.15, -0.1) is 0 Å². The Kier molecular flexibility index (Phi) is 4.46. The van der Waals surface area contributed by atoms with Crippen LogP contribution < -0.4 is 4.72 Å². The first-order valence-electron chi connectivity index (χ1n) is 6.48. The summed E-state index contributed by atoms with van der Waals surface area (Å²) < 4.78 is 26.5. The molecule has 2 atom stereocenters. The lowest BCUT2D eigenvalue weighted by atomic mass is 9.87. The zero-order valence-electron chi connectivity index (χ0n) is 10.9. The molecule has 0 amide bonds. The predicted molar refractivity (Wildman–Crippen MR) is 70.9 cm³/mol. The summed E-state index contributed by atoms with van der Waals surface area (Å²) in [6.07, 6.45) is 3.93. The number of hydrogen-bond donors (Lipinski definition) is 4. The van der Waals surface area contributed by atoms with Crippen molar-refractivity contribution in [2.75, 3.05) is 6.54 Å². The average Bonchev–Trinajstić information content (AvgIpc) is 2.87. The van der Waals surface area contributed by atoms with Crippen molar-refractivity contribution in [3.63, 3.8) is 0 Å². The fraction of sp³-hybridized carbons (Fsp3) is 0.583. The third-order valence-corrected chi connectivity index (χ3v) is 4.92.